The van der Waals surface area contributed by atoms with Crippen molar-refractivity contribution >= 4 is 0 Å². The third kappa shape index (κ3) is 0.843. The van der Waals surface area contributed by atoms with Crippen LogP contribution in [0.2, 0.25) is 0 Å². The highest BCUT2D eigenvalue weighted by atomic mass is 16.5. The molecule has 0 N–H and O–H groups in total. The maximum absolute atomic E-state index is 11.3. The van der Waals surface area contributed by atoms with Crippen molar-refractivity contribution in [3.63, 3.8) is 0 Å². The van der Waals surface area contributed by atoms with Crippen LogP contribution in [0.3, 0.4) is 0 Å². The Balaban J connectivity index is 2.72. The Hall–Kier alpha value is -1.25. The Morgan fingerprint density at radius 3 is 3.27 bits per heavy atom. The molecule has 1 aliphatic rings. The van der Waals surface area contributed by atoms with Gasteiger partial charge in [-0.05, 0) is 6.07 Å². The number of hydrogen-bond acceptors (Lipinski definition) is 2. The second-order valence-electron chi connectivity index (χ2n) is 2.67. The molecule has 0 spiro atoms. The fraction of sp³-hybridized carbons (Fsp3) is 0.375. The second-order valence-corrected chi connectivity index (χ2v) is 2.67. The van der Waals surface area contributed by atoms with Crippen LogP contribution in [0.25, 0.3) is 0 Å². The van der Waals surface area contributed by atoms with E-state index < -0.39 is 0 Å². The number of pyridine rings is 1. The number of ether oxygens (including phenoxy) is 1. The van der Waals surface area contributed by atoms with Gasteiger partial charge in [-0.3, -0.25) is 4.79 Å². The van der Waals surface area contributed by atoms with Crippen molar-refractivity contribution in [3.05, 3.63) is 28.2 Å². The van der Waals surface area contributed by atoms with E-state index in [0.717, 1.165) is 17.7 Å². The Kier molecular flexibility index (Phi) is 1.24. The largest absolute Gasteiger partial charge is 0.493 e. The van der Waals surface area contributed by atoms with Gasteiger partial charge in [0.2, 0.25) is 0 Å². The summed E-state index contributed by atoms with van der Waals surface area (Å²) in [6.45, 7) is 0.647. The Bertz CT molecular complexity index is 340. The van der Waals surface area contributed by atoms with Crippen LogP contribution in [0.15, 0.2) is 17.1 Å². The van der Waals surface area contributed by atoms with E-state index in [9.17, 15) is 4.79 Å². The summed E-state index contributed by atoms with van der Waals surface area (Å²) >= 11 is 0. The molecule has 0 saturated carbocycles. The van der Waals surface area contributed by atoms with Crippen molar-refractivity contribution in [2.75, 3.05) is 6.61 Å². The van der Waals surface area contributed by atoms with Crippen molar-refractivity contribution in [1.82, 2.24) is 4.57 Å². The molecule has 3 heteroatoms. The molecule has 0 fully saturated rings. The van der Waals surface area contributed by atoms with Crippen LogP contribution in [0.1, 0.15) is 5.56 Å². The van der Waals surface area contributed by atoms with E-state index in [4.69, 9.17) is 4.74 Å². The lowest BCUT2D eigenvalue weighted by Crippen LogP contribution is -2.18. The van der Waals surface area contributed by atoms with Crippen LogP contribution >= 0.6 is 0 Å². The van der Waals surface area contributed by atoms with Crippen molar-refractivity contribution in [2.24, 2.45) is 7.05 Å². The molecule has 0 aromatic carbocycles. The summed E-state index contributed by atoms with van der Waals surface area (Å²) in [5, 5.41) is 0. The Labute approximate surface area is 64.2 Å². The summed E-state index contributed by atoms with van der Waals surface area (Å²) in [5.41, 5.74) is 0.884. The van der Waals surface area contributed by atoms with E-state index in [-0.39, 0.29) is 5.56 Å². The second kappa shape index (κ2) is 2.12. The molecule has 0 atom stereocenters. The van der Waals surface area contributed by atoms with Gasteiger partial charge >= 0.3 is 0 Å². The predicted molar refractivity (Wildman–Crippen MR) is 40.9 cm³/mol. The highest BCUT2D eigenvalue weighted by molar-refractivity contribution is 5.33. The highest BCUT2D eigenvalue weighted by Gasteiger charge is 2.15. The molecule has 2 rings (SSSR count). The zero-order valence-electron chi connectivity index (χ0n) is 6.33. The average Bonchev–Trinajstić information content (AvgIpc) is 2.45. The van der Waals surface area contributed by atoms with Crippen molar-refractivity contribution < 1.29 is 4.74 Å². The third-order valence-corrected chi connectivity index (χ3v) is 1.94. The first-order chi connectivity index (χ1) is 5.29. The van der Waals surface area contributed by atoms with E-state index in [2.05, 4.69) is 0 Å². The molecule has 0 bridgehead atoms. The summed E-state index contributed by atoms with van der Waals surface area (Å²) in [4.78, 5) is 11.3. The monoisotopic (exact) mass is 151 g/mol. The molecule has 1 aliphatic heterocycles. The number of aromatic nitrogens is 1. The van der Waals surface area contributed by atoms with Crippen molar-refractivity contribution in [1.29, 1.82) is 0 Å². The van der Waals surface area contributed by atoms with E-state index in [1.807, 2.05) is 6.07 Å². The molecule has 1 aromatic rings. The van der Waals surface area contributed by atoms with E-state index in [1.54, 1.807) is 17.8 Å². The zero-order chi connectivity index (χ0) is 7.84. The molecule has 2 heterocycles. The molecule has 11 heavy (non-hydrogen) atoms. The lowest BCUT2D eigenvalue weighted by Gasteiger charge is -1.99. The fourth-order valence-corrected chi connectivity index (χ4v) is 1.29. The Morgan fingerprint density at radius 1 is 1.64 bits per heavy atom. The van der Waals surface area contributed by atoms with Crippen LogP contribution in [-0.2, 0) is 13.5 Å². The molecule has 3 nitrogen and oxygen atoms in total. The van der Waals surface area contributed by atoms with Gasteiger partial charge in [-0.15, -0.1) is 0 Å². The summed E-state index contributed by atoms with van der Waals surface area (Å²) in [5.74, 6) is 0.758. The van der Waals surface area contributed by atoms with Gasteiger partial charge in [-0.25, -0.2) is 0 Å². The van der Waals surface area contributed by atoms with Crippen molar-refractivity contribution in [3.8, 4) is 5.75 Å². The van der Waals surface area contributed by atoms with E-state index >= 15 is 0 Å². The van der Waals surface area contributed by atoms with E-state index in [0.29, 0.717) is 6.61 Å². The van der Waals surface area contributed by atoms with Crippen molar-refractivity contribution in [2.45, 2.75) is 6.42 Å². The molecule has 0 radical (unpaired) electrons. The first-order valence-corrected chi connectivity index (χ1v) is 3.60. The van der Waals surface area contributed by atoms with Crippen LogP contribution < -0.4 is 10.3 Å². The standard InChI is InChI=1S/C8H9NO2/c1-9-4-2-7-6(8(9)10)3-5-11-7/h2,4H,3,5H2,1H3. The summed E-state index contributed by atoms with van der Waals surface area (Å²) in [6.07, 6.45) is 2.48. The van der Waals surface area contributed by atoms with Crippen LogP contribution in [-0.4, -0.2) is 11.2 Å². The summed E-state index contributed by atoms with van der Waals surface area (Å²) < 4.78 is 6.80. The number of rotatable bonds is 0. The molecule has 58 valence electrons. The zero-order valence-corrected chi connectivity index (χ0v) is 6.33. The van der Waals surface area contributed by atoms with Gasteiger partial charge in [-0.2, -0.15) is 0 Å². The first kappa shape index (κ1) is 6.46. The quantitative estimate of drug-likeness (QED) is 0.534. The topological polar surface area (TPSA) is 31.2 Å². The van der Waals surface area contributed by atoms with Gasteiger partial charge in [0.1, 0.15) is 5.75 Å². The maximum atomic E-state index is 11.3. The SMILES string of the molecule is Cn1ccc2c(c1=O)CCO2. The van der Waals surface area contributed by atoms with Gasteiger partial charge in [0.15, 0.2) is 0 Å². The Morgan fingerprint density at radius 2 is 2.45 bits per heavy atom. The summed E-state index contributed by atoms with van der Waals surface area (Å²) in [6, 6.07) is 1.84. The molecular weight excluding hydrogens is 142 g/mol. The third-order valence-electron chi connectivity index (χ3n) is 1.94. The lowest BCUT2D eigenvalue weighted by molar-refractivity contribution is 0.356. The van der Waals surface area contributed by atoms with E-state index in [1.165, 1.54) is 0 Å². The molecule has 1 aromatic heterocycles. The average molecular weight is 151 g/mol. The molecule has 0 amide bonds. The minimum atomic E-state index is 0.0694. The van der Waals surface area contributed by atoms with Crippen LogP contribution in [0, 0.1) is 0 Å². The van der Waals surface area contributed by atoms with Gasteiger partial charge in [-0.1, -0.05) is 0 Å². The van der Waals surface area contributed by atoms with Gasteiger partial charge in [0, 0.05) is 19.7 Å². The fourth-order valence-electron chi connectivity index (χ4n) is 1.29. The molecule has 0 unspecified atom stereocenters. The number of aryl methyl sites for hydroxylation is 1. The molecule has 0 aliphatic carbocycles. The number of nitrogens with zero attached hydrogens (tertiary/aromatic N) is 1. The number of fused-ring (bicyclic) bond motifs is 1. The normalized spacial score (nSPS) is 14.3. The summed E-state index contributed by atoms with van der Waals surface area (Å²) in [7, 11) is 1.75. The van der Waals surface area contributed by atoms with Gasteiger partial charge in [0.25, 0.3) is 5.56 Å². The smallest absolute Gasteiger partial charge is 0.257 e. The minimum Gasteiger partial charge on any atom is -0.493 e. The van der Waals surface area contributed by atoms with Crippen LogP contribution in [0.5, 0.6) is 5.75 Å². The molecular formula is C8H9NO2. The first-order valence-electron chi connectivity index (χ1n) is 3.60. The maximum Gasteiger partial charge on any atom is 0.257 e. The van der Waals surface area contributed by atoms with Crippen LogP contribution in [0.4, 0.5) is 0 Å². The predicted octanol–water partition coefficient (Wildman–Crippen LogP) is 0.320. The number of hydrogen-bond donors (Lipinski definition) is 0. The van der Waals surface area contributed by atoms with Gasteiger partial charge in [0.05, 0.1) is 12.2 Å². The highest BCUT2D eigenvalue weighted by Crippen LogP contribution is 2.19. The molecule has 0 saturated heterocycles. The van der Waals surface area contributed by atoms with Gasteiger partial charge < -0.3 is 9.30 Å². The lowest BCUT2D eigenvalue weighted by atomic mass is 10.2. The minimum absolute atomic E-state index is 0.0694.